The number of carbonyl (C=O) groups is 2. The van der Waals surface area contributed by atoms with Crippen molar-refractivity contribution in [3.63, 3.8) is 0 Å². The molecule has 0 saturated carbocycles. The summed E-state index contributed by atoms with van der Waals surface area (Å²) in [5.74, 6) is 0.871. The number of amides is 2. The van der Waals surface area contributed by atoms with E-state index in [9.17, 15) is 9.59 Å². The van der Waals surface area contributed by atoms with E-state index in [4.69, 9.17) is 0 Å². The number of fused-ring (bicyclic) bond motifs is 1. The van der Waals surface area contributed by atoms with Crippen LogP contribution in [0.3, 0.4) is 0 Å². The van der Waals surface area contributed by atoms with Gasteiger partial charge in [-0.2, -0.15) is 0 Å². The van der Waals surface area contributed by atoms with Gasteiger partial charge in [-0.25, -0.2) is 0 Å². The second-order valence-corrected chi connectivity index (χ2v) is 11.6. The van der Waals surface area contributed by atoms with Gasteiger partial charge in [-0.3, -0.25) is 9.59 Å². The topological polar surface area (TPSA) is 40.6 Å². The van der Waals surface area contributed by atoms with Crippen LogP contribution in [0.2, 0.25) is 0 Å². The van der Waals surface area contributed by atoms with Gasteiger partial charge in [0.25, 0.3) is 11.8 Å². The maximum Gasteiger partial charge on any atom is 0.260 e. The molecule has 2 aliphatic heterocycles. The number of rotatable bonds is 14. The molecular formula is C32H42N2O2S. The maximum absolute atomic E-state index is 13.8. The van der Waals surface area contributed by atoms with Crippen LogP contribution in [0.5, 0.6) is 0 Å². The Morgan fingerprint density at radius 2 is 1.38 bits per heavy atom. The molecule has 2 atom stereocenters. The van der Waals surface area contributed by atoms with Crippen molar-refractivity contribution in [1.29, 1.82) is 0 Å². The highest BCUT2D eigenvalue weighted by molar-refractivity contribution is 7.16. The number of carbonyl (C=O) groups excluding carboxylic acids is 2. The summed E-state index contributed by atoms with van der Waals surface area (Å²) in [4.78, 5) is 33.6. The fourth-order valence-electron chi connectivity index (χ4n) is 5.47. The lowest BCUT2D eigenvalue weighted by atomic mass is 9.98. The molecule has 198 valence electrons. The minimum absolute atomic E-state index is 0.00735. The first-order valence-electron chi connectivity index (χ1n) is 14.3. The van der Waals surface area contributed by atoms with Crippen molar-refractivity contribution in [2.45, 2.75) is 79.1 Å². The predicted octanol–water partition coefficient (Wildman–Crippen LogP) is 8.13. The van der Waals surface area contributed by atoms with Gasteiger partial charge in [-0.05, 0) is 42.4 Å². The number of nitrogens with zero attached hydrogens (tertiary/aromatic N) is 2. The molecule has 4 nitrogen and oxygen atoms in total. The van der Waals surface area contributed by atoms with Gasteiger partial charge in [-0.15, -0.1) is 11.3 Å². The Balaban J connectivity index is 1.70. The van der Waals surface area contributed by atoms with E-state index in [1.54, 1.807) is 11.3 Å². The third-order valence-corrected chi connectivity index (χ3v) is 9.03. The zero-order valence-corrected chi connectivity index (χ0v) is 23.8. The SMILES string of the molecule is CCCCC(CC)CN1C=C2C(=O)N(CC(CC)CCCC)C(c3ccc(-c4ccccc4)s3)=C2C1=O. The van der Waals surface area contributed by atoms with Crippen molar-refractivity contribution in [2.24, 2.45) is 11.8 Å². The largest absolute Gasteiger partial charge is 0.314 e. The fourth-order valence-corrected chi connectivity index (χ4v) is 6.54. The first-order valence-corrected chi connectivity index (χ1v) is 15.1. The fraction of sp³-hybridized carbons (Fsp3) is 0.500. The Morgan fingerprint density at radius 3 is 2.00 bits per heavy atom. The average molecular weight is 519 g/mol. The Kier molecular flexibility index (Phi) is 9.42. The number of unbranched alkanes of at least 4 members (excludes halogenated alkanes) is 2. The zero-order valence-electron chi connectivity index (χ0n) is 23.0. The summed E-state index contributed by atoms with van der Waals surface area (Å²) in [6.45, 7) is 10.2. The molecule has 5 heteroatoms. The summed E-state index contributed by atoms with van der Waals surface area (Å²) < 4.78 is 0. The predicted molar refractivity (Wildman–Crippen MR) is 155 cm³/mol. The van der Waals surface area contributed by atoms with E-state index in [2.05, 4.69) is 52.0 Å². The Labute approximate surface area is 227 Å². The molecule has 0 radical (unpaired) electrons. The number of benzene rings is 1. The van der Waals surface area contributed by atoms with E-state index in [1.807, 2.05) is 34.2 Å². The molecule has 2 aromatic rings. The molecule has 2 unspecified atom stereocenters. The van der Waals surface area contributed by atoms with Crippen LogP contribution in [0.25, 0.3) is 16.1 Å². The van der Waals surface area contributed by atoms with Gasteiger partial charge in [0.15, 0.2) is 0 Å². The molecule has 0 spiro atoms. The third kappa shape index (κ3) is 5.93. The Bertz CT molecular complexity index is 1150. The van der Waals surface area contributed by atoms with E-state index in [0.717, 1.165) is 66.0 Å². The molecule has 2 aliphatic rings. The number of hydrogen-bond donors (Lipinski definition) is 0. The van der Waals surface area contributed by atoms with Gasteiger partial charge in [0.2, 0.25) is 0 Å². The summed E-state index contributed by atoms with van der Waals surface area (Å²) in [6, 6.07) is 14.5. The summed E-state index contributed by atoms with van der Waals surface area (Å²) in [7, 11) is 0. The lowest BCUT2D eigenvalue weighted by Crippen LogP contribution is -2.32. The smallest absolute Gasteiger partial charge is 0.260 e. The summed E-state index contributed by atoms with van der Waals surface area (Å²) >= 11 is 1.67. The molecule has 2 amide bonds. The van der Waals surface area contributed by atoms with Crippen LogP contribution < -0.4 is 0 Å². The van der Waals surface area contributed by atoms with Crippen molar-refractivity contribution in [2.75, 3.05) is 13.1 Å². The first kappa shape index (κ1) is 27.4. The average Bonchev–Trinajstić information content (AvgIpc) is 3.60. The second kappa shape index (κ2) is 12.7. The first-order chi connectivity index (χ1) is 18.0. The van der Waals surface area contributed by atoms with Crippen molar-refractivity contribution >= 4 is 28.8 Å². The van der Waals surface area contributed by atoms with Crippen LogP contribution in [-0.2, 0) is 9.59 Å². The summed E-state index contributed by atoms with van der Waals surface area (Å²) in [5, 5.41) is 0. The molecule has 4 rings (SSSR count). The van der Waals surface area contributed by atoms with E-state index >= 15 is 0 Å². The highest BCUT2D eigenvalue weighted by atomic mass is 32.1. The lowest BCUT2D eigenvalue weighted by molar-refractivity contribution is -0.124. The number of hydrogen-bond acceptors (Lipinski definition) is 3. The molecule has 0 fully saturated rings. The van der Waals surface area contributed by atoms with Crippen LogP contribution in [0, 0.1) is 11.8 Å². The van der Waals surface area contributed by atoms with Crippen LogP contribution in [0.1, 0.15) is 83.9 Å². The van der Waals surface area contributed by atoms with Gasteiger partial charge in [-0.1, -0.05) is 96.6 Å². The molecule has 37 heavy (non-hydrogen) atoms. The molecule has 0 bridgehead atoms. The van der Waals surface area contributed by atoms with Crippen LogP contribution in [0.15, 0.2) is 59.8 Å². The normalized spacial score (nSPS) is 17.0. The van der Waals surface area contributed by atoms with Crippen molar-refractivity contribution in [1.82, 2.24) is 9.80 Å². The Morgan fingerprint density at radius 1 is 0.757 bits per heavy atom. The molecular weight excluding hydrogens is 476 g/mol. The van der Waals surface area contributed by atoms with E-state index < -0.39 is 0 Å². The van der Waals surface area contributed by atoms with Crippen LogP contribution >= 0.6 is 11.3 Å². The molecule has 0 saturated heterocycles. The molecule has 1 aromatic heterocycles. The minimum atomic E-state index is -0.00735. The van der Waals surface area contributed by atoms with Crippen molar-refractivity contribution in [3.05, 3.63) is 64.7 Å². The van der Waals surface area contributed by atoms with Gasteiger partial charge in [0, 0.05) is 24.2 Å². The van der Waals surface area contributed by atoms with Gasteiger partial charge < -0.3 is 9.80 Å². The van der Waals surface area contributed by atoms with E-state index in [1.165, 1.54) is 6.42 Å². The van der Waals surface area contributed by atoms with Gasteiger partial charge in [0.1, 0.15) is 0 Å². The molecule has 1 aromatic carbocycles. The maximum atomic E-state index is 13.8. The highest BCUT2D eigenvalue weighted by Gasteiger charge is 2.45. The summed E-state index contributed by atoms with van der Waals surface area (Å²) in [6.07, 6.45) is 10.8. The Hall–Kier alpha value is -2.66. The van der Waals surface area contributed by atoms with Crippen LogP contribution in [-0.4, -0.2) is 34.7 Å². The van der Waals surface area contributed by atoms with Crippen molar-refractivity contribution < 1.29 is 9.59 Å². The third-order valence-electron chi connectivity index (χ3n) is 7.89. The quantitative estimate of drug-likeness (QED) is 0.253. The highest BCUT2D eigenvalue weighted by Crippen LogP contribution is 2.44. The van der Waals surface area contributed by atoms with Gasteiger partial charge in [0.05, 0.1) is 21.7 Å². The summed E-state index contributed by atoms with van der Waals surface area (Å²) in [5.41, 5.74) is 3.19. The van der Waals surface area contributed by atoms with E-state index in [-0.39, 0.29) is 11.8 Å². The monoisotopic (exact) mass is 518 g/mol. The minimum Gasteiger partial charge on any atom is -0.314 e. The number of thiophene rings is 1. The second-order valence-electron chi connectivity index (χ2n) is 10.5. The zero-order chi connectivity index (χ0) is 26.4. The van der Waals surface area contributed by atoms with Gasteiger partial charge >= 0.3 is 0 Å². The standard InChI is InChI=1S/C32H42N2O2S/c1-5-9-14-23(7-3)20-33-22-26-29(32(33)36)30(34(31(26)35)21-24(8-4)15-10-6-2)28-19-18-27(37-28)25-16-12-11-13-17-25/h11-13,16-19,22-24H,5-10,14-15,20-21H2,1-4H3. The molecule has 3 heterocycles. The molecule has 0 N–H and O–H groups in total. The van der Waals surface area contributed by atoms with E-state index in [0.29, 0.717) is 36.1 Å². The van der Waals surface area contributed by atoms with Crippen molar-refractivity contribution in [3.8, 4) is 10.4 Å². The van der Waals surface area contributed by atoms with Crippen LogP contribution in [0.4, 0.5) is 0 Å². The molecule has 0 aliphatic carbocycles. The lowest BCUT2D eigenvalue weighted by Gasteiger charge is -2.27.